The van der Waals surface area contributed by atoms with E-state index in [1.54, 1.807) is 14.2 Å². The van der Waals surface area contributed by atoms with Gasteiger partial charge >= 0.3 is 6.09 Å². The van der Waals surface area contributed by atoms with Crippen molar-refractivity contribution in [1.82, 2.24) is 10.2 Å². The molecule has 8 nitrogen and oxygen atoms in total. The zero-order valence-corrected chi connectivity index (χ0v) is 17.1. The van der Waals surface area contributed by atoms with Gasteiger partial charge in [-0.15, -0.1) is 0 Å². The average Bonchev–Trinajstić information content (AvgIpc) is 2.73. The zero-order chi connectivity index (χ0) is 20.2. The number of rotatable bonds is 8. The summed E-state index contributed by atoms with van der Waals surface area (Å²) >= 11 is 0. The van der Waals surface area contributed by atoms with Crippen LogP contribution in [0.1, 0.15) is 24.8 Å². The van der Waals surface area contributed by atoms with Gasteiger partial charge < -0.3 is 24.4 Å². The number of carbonyl (C=O) groups is 1. The highest BCUT2D eigenvalue weighted by Crippen LogP contribution is 2.15. The van der Waals surface area contributed by atoms with Crippen molar-refractivity contribution in [3.05, 3.63) is 29.8 Å². The lowest BCUT2D eigenvalue weighted by Gasteiger charge is -2.34. The van der Waals surface area contributed by atoms with E-state index >= 15 is 0 Å². The number of carbonyl (C=O) groups excluding carboxylic acids is 1. The molecule has 1 fully saturated rings. The van der Waals surface area contributed by atoms with Crippen LogP contribution in [-0.4, -0.2) is 70.6 Å². The third kappa shape index (κ3) is 7.36. The molecule has 1 aliphatic heterocycles. The number of benzene rings is 1. The first-order valence-electron chi connectivity index (χ1n) is 9.66. The van der Waals surface area contributed by atoms with Crippen molar-refractivity contribution in [2.24, 2.45) is 4.99 Å². The van der Waals surface area contributed by atoms with Crippen LogP contribution in [0.4, 0.5) is 10.5 Å². The Labute approximate surface area is 167 Å². The minimum Gasteiger partial charge on any atom is -0.453 e. The van der Waals surface area contributed by atoms with Gasteiger partial charge in [0.1, 0.15) is 0 Å². The quantitative estimate of drug-likeness (QED) is 0.402. The molecular weight excluding hydrogens is 360 g/mol. The van der Waals surface area contributed by atoms with Crippen molar-refractivity contribution in [2.75, 3.05) is 52.9 Å². The van der Waals surface area contributed by atoms with Gasteiger partial charge in [0.25, 0.3) is 0 Å². The smallest absolute Gasteiger partial charge is 0.411 e. The zero-order valence-electron chi connectivity index (χ0n) is 17.1. The van der Waals surface area contributed by atoms with Crippen molar-refractivity contribution in [2.45, 2.75) is 31.9 Å². The van der Waals surface area contributed by atoms with Gasteiger partial charge in [-0.2, -0.15) is 0 Å². The molecule has 8 heteroatoms. The maximum absolute atomic E-state index is 11.2. The summed E-state index contributed by atoms with van der Waals surface area (Å²) in [6.07, 6.45) is 2.79. The summed E-state index contributed by atoms with van der Waals surface area (Å²) in [6, 6.07) is 7.63. The average molecular weight is 393 g/mol. The summed E-state index contributed by atoms with van der Waals surface area (Å²) in [5.41, 5.74) is 1.81. The molecule has 1 aromatic rings. The Bertz CT molecular complexity index is 613. The first kappa shape index (κ1) is 22.0. The topological polar surface area (TPSA) is 84.4 Å². The van der Waals surface area contributed by atoms with Crippen molar-refractivity contribution >= 4 is 17.7 Å². The lowest BCUT2D eigenvalue weighted by Crippen LogP contribution is -2.46. The van der Waals surface area contributed by atoms with Gasteiger partial charge in [0.15, 0.2) is 5.96 Å². The molecule has 1 aliphatic rings. The summed E-state index contributed by atoms with van der Waals surface area (Å²) < 4.78 is 15.6. The molecule has 1 heterocycles. The molecule has 0 unspecified atom stereocenters. The largest absolute Gasteiger partial charge is 0.453 e. The summed E-state index contributed by atoms with van der Waals surface area (Å²) in [6.45, 7) is 4.02. The molecular formula is C20H32N4O4. The Kier molecular flexibility index (Phi) is 9.57. The van der Waals surface area contributed by atoms with Gasteiger partial charge in [0.05, 0.1) is 13.2 Å². The predicted octanol–water partition coefficient (Wildman–Crippen LogP) is 2.46. The molecule has 0 saturated carbocycles. The Morgan fingerprint density at radius 3 is 2.50 bits per heavy atom. The van der Waals surface area contributed by atoms with Gasteiger partial charge in [-0.3, -0.25) is 10.3 Å². The second kappa shape index (κ2) is 12.2. The fourth-order valence-electron chi connectivity index (χ4n) is 3.08. The Balaban J connectivity index is 1.73. The maximum Gasteiger partial charge on any atom is 0.411 e. The number of piperidine rings is 1. The summed E-state index contributed by atoms with van der Waals surface area (Å²) in [5, 5.41) is 6.05. The number of methoxy groups -OCH3 is 2. The molecule has 2 N–H and O–H groups in total. The van der Waals surface area contributed by atoms with Crippen LogP contribution in [-0.2, 0) is 20.8 Å². The second-order valence-corrected chi connectivity index (χ2v) is 6.62. The van der Waals surface area contributed by atoms with E-state index in [0.717, 1.165) is 57.1 Å². The lowest BCUT2D eigenvalue weighted by molar-refractivity contribution is 0.00989. The fourth-order valence-corrected chi connectivity index (χ4v) is 3.08. The van der Waals surface area contributed by atoms with Crippen LogP contribution >= 0.6 is 0 Å². The van der Waals surface area contributed by atoms with Crippen LogP contribution in [0, 0.1) is 0 Å². The summed E-state index contributed by atoms with van der Waals surface area (Å²) in [4.78, 5) is 17.9. The van der Waals surface area contributed by atoms with Crippen molar-refractivity contribution in [1.29, 1.82) is 0 Å². The molecule has 28 heavy (non-hydrogen) atoms. The summed E-state index contributed by atoms with van der Waals surface area (Å²) in [7, 11) is 4.86. The van der Waals surface area contributed by atoms with Crippen LogP contribution in [0.3, 0.4) is 0 Å². The first-order valence-corrected chi connectivity index (χ1v) is 9.66. The van der Waals surface area contributed by atoms with Gasteiger partial charge in [-0.1, -0.05) is 12.1 Å². The van der Waals surface area contributed by atoms with Crippen LogP contribution in [0.15, 0.2) is 29.3 Å². The van der Waals surface area contributed by atoms with Crippen LogP contribution < -0.4 is 10.6 Å². The molecule has 0 bridgehead atoms. The minimum atomic E-state index is -0.475. The molecule has 1 amide bonds. The van der Waals surface area contributed by atoms with Crippen molar-refractivity contribution < 1.29 is 19.0 Å². The highest BCUT2D eigenvalue weighted by Gasteiger charge is 2.21. The number of amides is 1. The molecule has 156 valence electrons. The molecule has 0 atom stereocenters. The van der Waals surface area contributed by atoms with E-state index in [0.29, 0.717) is 18.3 Å². The number of nitrogens with zero attached hydrogens (tertiary/aromatic N) is 2. The monoisotopic (exact) mass is 392 g/mol. The normalized spacial score (nSPS) is 15.4. The van der Waals surface area contributed by atoms with Gasteiger partial charge in [0.2, 0.25) is 0 Å². The number of nitrogens with one attached hydrogen (secondary N) is 2. The van der Waals surface area contributed by atoms with E-state index in [-0.39, 0.29) is 0 Å². The van der Waals surface area contributed by atoms with Crippen LogP contribution in [0.5, 0.6) is 0 Å². The highest BCUT2D eigenvalue weighted by atomic mass is 16.5. The number of aliphatic imine (C=N–C) groups is 1. The lowest BCUT2D eigenvalue weighted by atomic mass is 10.1. The van der Waals surface area contributed by atoms with Crippen LogP contribution in [0.25, 0.3) is 0 Å². The third-order valence-corrected chi connectivity index (χ3v) is 4.64. The number of guanidine groups is 1. The van der Waals surface area contributed by atoms with Gasteiger partial charge in [-0.05, 0) is 37.0 Å². The van der Waals surface area contributed by atoms with E-state index < -0.39 is 6.09 Å². The highest BCUT2D eigenvalue weighted by molar-refractivity contribution is 5.84. The number of likely N-dealkylation sites (tertiary alicyclic amines) is 1. The summed E-state index contributed by atoms with van der Waals surface area (Å²) in [5.74, 6) is 0.898. The minimum absolute atomic E-state index is 0.320. The predicted molar refractivity (Wildman–Crippen MR) is 110 cm³/mol. The Hall–Kier alpha value is -2.32. The van der Waals surface area contributed by atoms with Gasteiger partial charge in [-0.25, -0.2) is 4.79 Å². The first-order chi connectivity index (χ1) is 13.7. The molecule has 0 aromatic heterocycles. The van der Waals surface area contributed by atoms with Crippen molar-refractivity contribution in [3.63, 3.8) is 0 Å². The molecule has 1 saturated heterocycles. The fraction of sp³-hybridized carbons (Fsp3) is 0.600. The van der Waals surface area contributed by atoms with Gasteiger partial charge in [0, 0.05) is 52.7 Å². The maximum atomic E-state index is 11.2. The number of anilines is 1. The second-order valence-electron chi connectivity index (χ2n) is 6.62. The number of hydrogen-bond acceptors (Lipinski definition) is 5. The van der Waals surface area contributed by atoms with Crippen LogP contribution in [0.2, 0.25) is 0 Å². The van der Waals surface area contributed by atoms with E-state index in [2.05, 4.69) is 25.3 Å². The molecule has 0 radical (unpaired) electrons. The molecule has 0 spiro atoms. The SMILES string of the molecule is CN=C(NCc1ccc(NC(=O)OC)cc1)N1CCC(OCCCOC)CC1. The van der Waals surface area contributed by atoms with E-state index in [9.17, 15) is 4.79 Å². The number of ether oxygens (including phenoxy) is 3. The standard InChI is InChI=1S/C20H32N4O4/c1-21-19(24-11-9-18(10-12-24)28-14-4-13-26-2)22-15-16-5-7-17(8-6-16)23-20(25)27-3/h5-8,18H,4,9-15H2,1-3H3,(H,21,22)(H,23,25). The molecule has 0 aliphatic carbocycles. The van der Waals surface area contributed by atoms with E-state index in [4.69, 9.17) is 9.47 Å². The Morgan fingerprint density at radius 1 is 1.18 bits per heavy atom. The molecule has 1 aromatic carbocycles. The number of hydrogen-bond donors (Lipinski definition) is 2. The van der Waals surface area contributed by atoms with Crippen molar-refractivity contribution in [3.8, 4) is 0 Å². The third-order valence-electron chi connectivity index (χ3n) is 4.64. The molecule has 2 rings (SSSR count). The Morgan fingerprint density at radius 2 is 1.89 bits per heavy atom. The van der Waals surface area contributed by atoms with E-state index in [1.165, 1.54) is 7.11 Å². The van der Waals surface area contributed by atoms with E-state index in [1.807, 2.05) is 24.3 Å².